The van der Waals surface area contributed by atoms with Crippen LogP contribution in [0.4, 0.5) is 8.78 Å². The first-order chi connectivity index (χ1) is 9.60. The van der Waals surface area contributed by atoms with Gasteiger partial charge in [-0.1, -0.05) is 12.1 Å². The molecule has 0 bridgehead atoms. The SMILES string of the molecule is COC(=O)c1ccc(COc2cccc(F)c2)cc1F. The topological polar surface area (TPSA) is 35.5 Å². The van der Waals surface area contributed by atoms with Crippen LogP contribution in [0.1, 0.15) is 15.9 Å². The molecule has 0 spiro atoms. The molecule has 2 rings (SSSR count). The van der Waals surface area contributed by atoms with E-state index in [1.807, 2.05) is 0 Å². The van der Waals surface area contributed by atoms with Gasteiger partial charge in [-0.05, 0) is 29.8 Å². The molecule has 2 aromatic carbocycles. The van der Waals surface area contributed by atoms with Crippen molar-refractivity contribution in [3.05, 3.63) is 65.2 Å². The van der Waals surface area contributed by atoms with Crippen LogP contribution in [-0.2, 0) is 11.3 Å². The molecule has 5 heteroatoms. The molecular weight excluding hydrogens is 266 g/mol. The van der Waals surface area contributed by atoms with E-state index in [1.54, 1.807) is 12.1 Å². The molecule has 0 heterocycles. The van der Waals surface area contributed by atoms with Gasteiger partial charge in [0, 0.05) is 6.07 Å². The lowest BCUT2D eigenvalue weighted by molar-refractivity contribution is 0.0595. The van der Waals surface area contributed by atoms with Gasteiger partial charge in [0.05, 0.1) is 12.7 Å². The summed E-state index contributed by atoms with van der Waals surface area (Å²) in [7, 11) is 1.18. The van der Waals surface area contributed by atoms with E-state index < -0.39 is 17.6 Å². The van der Waals surface area contributed by atoms with Crippen molar-refractivity contribution in [1.29, 1.82) is 0 Å². The summed E-state index contributed by atoms with van der Waals surface area (Å²) in [6.45, 7) is 0.0713. The maximum absolute atomic E-state index is 13.7. The summed E-state index contributed by atoms with van der Waals surface area (Å²) >= 11 is 0. The zero-order valence-electron chi connectivity index (χ0n) is 10.7. The number of carbonyl (C=O) groups excluding carboxylic acids is 1. The Bertz CT molecular complexity index is 626. The first-order valence-corrected chi connectivity index (χ1v) is 5.85. The number of esters is 1. The van der Waals surface area contributed by atoms with Crippen molar-refractivity contribution in [2.75, 3.05) is 7.11 Å². The van der Waals surface area contributed by atoms with Gasteiger partial charge in [0.1, 0.15) is 24.0 Å². The standard InChI is InChI=1S/C15H12F2O3/c1-19-15(18)13-6-5-10(7-14(13)17)9-20-12-4-2-3-11(16)8-12/h2-8H,9H2,1H3. The minimum atomic E-state index is -0.736. The number of rotatable bonds is 4. The Labute approximate surface area is 114 Å². The Morgan fingerprint density at radius 2 is 1.95 bits per heavy atom. The molecule has 104 valence electrons. The van der Waals surface area contributed by atoms with Crippen molar-refractivity contribution in [3.63, 3.8) is 0 Å². The zero-order chi connectivity index (χ0) is 14.5. The van der Waals surface area contributed by atoms with E-state index in [-0.39, 0.29) is 12.2 Å². The highest BCUT2D eigenvalue weighted by Crippen LogP contribution is 2.16. The molecule has 0 N–H and O–H groups in total. The zero-order valence-corrected chi connectivity index (χ0v) is 10.7. The predicted molar refractivity (Wildman–Crippen MR) is 68.5 cm³/mol. The molecule has 0 aliphatic rings. The lowest BCUT2D eigenvalue weighted by atomic mass is 10.1. The number of hydrogen-bond acceptors (Lipinski definition) is 3. The van der Waals surface area contributed by atoms with E-state index in [0.717, 1.165) is 0 Å². The molecule has 0 amide bonds. The Balaban J connectivity index is 2.07. The Kier molecular flexibility index (Phi) is 4.30. The third-order valence-corrected chi connectivity index (χ3v) is 2.64. The van der Waals surface area contributed by atoms with Gasteiger partial charge in [-0.15, -0.1) is 0 Å². The summed E-state index contributed by atoms with van der Waals surface area (Å²) < 4.78 is 36.4. The van der Waals surface area contributed by atoms with Gasteiger partial charge in [0.2, 0.25) is 0 Å². The fourth-order valence-corrected chi connectivity index (χ4v) is 1.65. The second-order valence-electron chi connectivity index (χ2n) is 4.05. The third kappa shape index (κ3) is 3.32. The van der Waals surface area contributed by atoms with Crippen LogP contribution < -0.4 is 4.74 Å². The van der Waals surface area contributed by atoms with Crippen molar-refractivity contribution in [3.8, 4) is 5.75 Å². The molecule has 3 nitrogen and oxygen atoms in total. The first-order valence-electron chi connectivity index (χ1n) is 5.85. The van der Waals surface area contributed by atoms with E-state index in [9.17, 15) is 13.6 Å². The smallest absolute Gasteiger partial charge is 0.340 e. The van der Waals surface area contributed by atoms with Crippen molar-refractivity contribution in [1.82, 2.24) is 0 Å². The minimum absolute atomic E-state index is 0.0713. The second-order valence-corrected chi connectivity index (χ2v) is 4.05. The van der Waals surface area contributed by atoms with Gasteiger partial charge in [0.25, 0.3) is 0 Å². The molecule has 0 saturated carbocycles. The van der Waals surface area contributed by atoms with Gasteiger partial charge in [-0.25, -0.2) is 13.6 Å². The molecule has 0 aliphatic heterocycles. The first kappa shape index (κ1) is 14.0. The molecule has 0 unspecified atom stereocenters. The van der Waals surface area contributed by atoms with Crippen LogP contribution in [0, 0.1) is 11.6 Å². The van der Waals surface area contributed by atoms with E-state index in [0.29, 0.717) is 11.3 Å². The highest BCUT2D eigenvalue weighted by Gasteiger charge is 2.12. The highest BCUT2D eigenvalue weighted by atomic mass is 19.1. The fourth-order valence-electron chi connectivity index (χ4n) is 1.65. The normalized spacial score (nSPS) is 10.2. The summed E-state index contributed by atoms with van der Waals surface area (Å²) in [5.41, 5.74) is 0.390. The Morgan fingerprint density at radius 3 is 2.60 bits per heavy atom. The number of methoxy groups -OCH3 is 1. The van der Waals surface area contributed by atoms with E-state index in [1.165, 1.54) is 37.4 Å². The monoisotopic (exact) mass is 278 g/mol. The van der Waals surface area contributed by atoms with Crippen molar-refractivity contribution in [2.45, 2.75) is 6.61 Å². The fraction of sp³-hybridized carbons (Fsp3) is 0.133. The highest BCUT2D eigenvalue weighted by molar-refractivity contribution is 5.89. The van der Waals surface area contributed by atoms with Crippen LogP contribution in [0.5, 0.6) is 5.75 Å². The molecule has 20 heavy (non-hydrogen) atoms. The van der Waals surface area contributed by atoms with Crippen molar-refractivity contribution < 1.29 is 23.0 Å². The summed E-state index contributed by atoms with van der Waals surface area (Å²) in [4.78, 5) is 11.2. The van der Waals surface area contributed by atoms with Gasteiger partial charge in [-0.3, -0.25) is 0 Å². The Morgan fingerprint density at radius 1 is 1.15 bits per heavy atom. The summed E-state index contributed by atoms with van der Waals surface area (Å²) in [5, 5.41) is 0. The minimum Gasteiger partial charge on any atom is -0.489 e. The van der Waals surface area contributed by atoms with E-state index in [2.05, 4.69) is 4.74 Å². The molecule has 2 aromatic rings. The molecular formula is C15H12F2O3. The summed E-state index contributed by atoms with van der Waals surface area (Å²) in [6, 6.07) is 9.72. The number of hydrogen-bond donors (Lipinski definition) is 0. The van der Waals surface area contributed by atoms with E-state index in [4.69, 9.17) is 4.74 Å². The van der Waals surface area contributed by atoms with E-state index >= 15 is 0 Å². The van der Waals surface area contributed by atoms with Gasteiger partial charge < -0.3 is 9.47 Å². The number of carbonyl (C=O) groups is 1. The predicted octanol–water partition coefficient (Wildman–Crippen LogP) is 3.33. The van der Waals surface area contributed by atoms with Crippen LogP contribution in [0.15, 0.2) is 42.5 Å². The van der Waals surface area contributed by atoms with Crippen LogP contribution >= 0.6 is 0 Å². The van der Waals surface area contributed by atoms with Crippen LogP contribution in [-0.4, -0.2) is 13.1 Å². The van der Waals surface area contributed by atoms with Gasteiger partial charge in [0.15, 0.2) is 0 Å². The maximum Gasteiger partial charge on any atom is 0.340 e. The lowest BCUT2D eigenvalue weighted by Gasteiger charge is -2.07. The number of benzene rings is 2. The number of ether oxygens (including phenoxy) is 2. The lowest BCUT2D eigenvalue weighted by Crippen LogP contribution is -2.05. The van der Waals surface area contributed by atoms with Crippen LogP contribution in [0.25, 0.3) is 0 Å². The Hall–Kier alpha value is -2.43. The van der Waals surface area contributed by atoms with Crippen LogP contribution in [0.3, 0.4) is 0 Å². The molecule has 0 fully saturated rings. The van der Waals surface area contributed by atoms with Crippen LogP contribution in [0.2, 0.25) is 0 Å². The van der Waals surface area contributed by atoms with Crippen molar-refractivity contribution >= 4 is 5.97 Å². The molecule has 0 atom stereocenters. The van der Waals surface area contributed by atoms with Gasteiger partial charge >= 0.3 is 5.97 Å². The average Bonchev–Trinajstić information content (AvgIpc) is 2.44. The number of halogens is 2. The largest absolute Gasteiger partial charge is 0.489 e. The quantitative estimate of drug-likeness (QED) is 0.805. The maximum atomic E-state index is 13.7. The molecule has 0 aliphatic carbocycles. The third-order valence-electron chi connectivity index (χ3n) is 2.64. The molecule has 0 saturated heterocycles. The summed E-state index contributed by atoms with van der Waals surface area (Å²) in [5.74, 6) is -1.48. The molecule has 0 aromatic heterocycles. The van der Waals surface area contributed by atoms with Crippen molar-refractivity contribution in [2.24, 2.45) is 0 Å². The van der Waals surface area contributed by atoms with Gasteiger partial charge in [-0.2, -0.15) is 0 Å². The molecule has 0 radical (unpaired) electrons. The second kappa shape index (κ2) is 6.14. The summed E-state index contributed by atoms with van der Waals surface area (Å²) in [6.07, 6.45) is 0. The average molecular weight is 278 g/mol.